The molecule has 148 valence electrons. The predicted octanol–water partition coefficient (Wildman–Crippen LogP) is 3.59. The maximum atomic E-state index is 12.2. The van der Waals surface area contributed by atoms with Crippen molar-refractivity contribution < 1.29 is 14.3 Å². The largest absolute Gasteiger partial charge is 0.489 e. The molecule has 0 aliphatic heterocycles. The molecule has 0 fully saturated rings. The summed E-state index contributed by atoms with van der Waals surface area (Å²) in [4.78, 5) is 12.2. The number of nitriles is 2. The average molecular weight is 389 g/mol. The van der Waals surface area contributed by atoms with Crippen molar-refractivity contribution in [3.63, 3.8) is 0 Å². The van der Waals surface area contributed by atoms with E-state index in [9.17, 15) is 10.1 Å². The molecule has 0 spiro atoms. The van der Waals surface area contributed by atoms with E-state index in [0.29, 0.717) is 49.7 Å². The molecule has 0 aromatic heterocycles. The van der Waals surface area contributed by atoms with Crippen molar-refractivity contribution in [3.05, 3.63) is 70.8 Å². The van der Waals surface area contributed by atoms with E-state index in [1.165, 1.54) is 6.08 Å². The summed E-state index contributed by atoms with van der Waals surface area (Å²) in [6.07, 6.45) is 2.22. The van der Waals surface area contributed by atoms with E-state index in [4.69, 9.17) is 14.7 Å². The third-order valence-electron chi connectivity index (χ3n) is 3.95. The molecular weight excluding hydrogens is 366 g/mol. The summed E-state index contributed by atoms with van der Waals surface area (Å²) in [5, 5.41) is 21.0. The molecule has 0 aliphatic carbocycles. The number of benzene rings is 2. The van der Waals surface area contributed by atoms with E-state index in [1.54, 1.807) is 36.4 Å². The second-order valence-electron chi connectivity index (χ2n) is 6.15. The number of carbonyl (C=O) groups is 1. The number of nitrogens with one attached hydrogen (secondary N) is 1. The van der Waals surface area contributed by atoms with Crippen molar-refractivity contribution in [2.75, 3.05) is 19.8 Å². The van der Waals surface area contributed by atoms with Gasteiger partial charge in [0.2, 0.25) is 0 Å². The van der Waals surface area contributed by atoms with Crippen LogP contribution in [-0.2, 0) is 16.1 Å². The molecular formula is C23H23N3O3. The second-order valence-corrected chi connectivity index (χ2v) is 6.15. The highest BCUT2D eigenvalue weighted by Gasteiger charge is 2.08. The number of hydrogen-bond donors (Lipinski definition) is 1. The number of amides is 1. The van der Waals surface area contributed by atoms with E-state index in [2.05, 4.69) is 11.4 Å². The van der Waals surface area contributed by atoms with Crippen molar-refractivity contribution in [2.24, 2.45) is 0 Å². The third kappa shape index (κ3) is 7.50. The molecule has 2 aromatic carbocycles. The third-order valence-corrected chi connectivity index (χ3v) is 3.95. The van der Waals surface area contributed by atoms with Gasteiger partial charge in [0.05, 0.1) is 11.6 Å². The zero-order valence-corrected chi connectivity index (χ0v) is 16.4. The Balaban J connectivity index is 1.98. The maximum Gasteiger partial charge on any atom is 0.261 e. The molecule has 0 radical (unpaired) electrons. The first-order valence-corrected chi connectivity index (χ1v) is 9.36. The molecule has 29 heavy (non-hydrogen) atoms. The van der Waals surface area contributed by atoms with Crippen molar-refractivity contribution in [1.82, 2.24) is 5.32 Å². The van der Waals surface area contributed by atoms with Crippen LogP contribution in [0.5, 0.6) is 5.75 Å². The average Bonchev–Trinajstić information content (AvgIpc) is 2.76. The summed E-state index contributed by atoms with van der Waals surface area (Å²) in [5.41, 5.74) is 2.18. The topological polar surface area (TPSA) is 95.1 Å². The summed E-state index contributed by atoms with van der Waals surface area (Å²) < 4.78 is 11.0. The molecule has 0 aliphatic rings. The highest BCUT2D eigenvalue weighted by molar-refractivity contribution is 6.01. The Kier molecular flexibility index (Phi) is 8.95. The first-order valence-electron chi connectivity index (χ1n) is 9.36. The standard InChI is InChI=1S/C23H23N3O3/c1-2-28-11-5-10-26-23(27)21(16-25)13-18-6-4-9-22(14-18)29-17-20-8-3-7-19(12-20)15-24/h3-4,6-9,12-14H,2,5,10-11,17H2,1H3,(H,26,27)/b21-13+. The fourth-order valence-electron chi connectivity index (χ4n) is 2.52. The van der Waals surface area contributed by atoms with Crippen molar-refractivity contribution in [2.45, 2.75) is 20.0 Å². The molecule has 6 nitrogen and oxygen atoms in total. The highest BCUT2D eigenvalue weighted by atomic mass is 16.5. The van der Waals surface area contributed by atoms with Crippen LogP contribution in [0.15, 0.2) is 54.1 Å². The Labute approximate surface area is 171 Å². The minimum atomic E-state index is -0.413. The van der Waals surface area contributed by atoms with Crippen molar-refractivity contribution >= 4 is 12.0 Å². The fourth-order valence-corrected chi connectivity index (χ4v) is 2.52. The highest BCUT2D eigenvalue weighted by Crippen LogP contribution is 2.18. The number of nitrogens with zero attached hydrogens (tertiary/aromatic N) is 2. The number of ether oxygens (including phenoxy) is 2. The fraction of sp³-hybridized carbons (Fsp3) is 0.261. The molecule has 0 bridgehead atoms. The van der Waals surface area contributed by atoms with Gasteiger partial charge in [0.15, 0.2) is 0 Å². The van der Waals surface area contributed by atoms with Crippen LogP contribution < -0.4 is 10.1 Å². The summed E-state index contributed by atoms with van der Waals surface area (Å²) in [6, 6.07) is 18.4. The van der Waals surface area contributed by atoms with Gasteiger partial charge in [0, 0.05) is 19.8 Å². The van der Waals surface area contributed by atoms with Gasteiger partial charge in [-0.25, -0.2) is 0 Å². The molecule has 2 aromatic rings. The monoisotopic (exact) mass is 389 g/mol. The van der Waals surface area contributed by atoms with Crippen LogP contribution in [0.4, 0.5) is 0 Å². The summed E-state index contributed by atoms with van der Waals surface area (Å²) in [5.74, 6) is 0.194. The minimum absolute atomic E-state index is 0.0280. The van der Waals surface area contributed by atoms with Gasteiger partial charge in [-0.15, -0.1) is 0 Å². The molecule has 0 unspecified atom stereocenters. The van der Waals surface area contributed by atoms with Crippen LogP contribution in [-0.4, -0.2) is 25.7 Å². The molecule has 0 saturated heterocycles. The van der Waals surface area contributed by atoms with Crippen LogP contribution in [0.2, 0.25) is 0 Å². The van der Waals surface area contributed by atoms with Crippen LogP contribution in [0.25, 0.3) is 6.08 Å². The van der Waals surface area contributed by atoms with E-state index in [-0.39, 0.29) is 5.57 Å². The number of carbonyl (C=O) groups excluding carboxylic acids is 1. The summed E-state index contributed by atoms with van der Waals surface area (Å²) in [7, 11) is 0. The molecule has 6 heteroatoms. The van der Waals surface area contributed by atoms with Gasteiger partial charge < -0.3 is 14.8 Å². The molecule has 2 rings (SSSR count). The lowest BCUT2D eigenvalue weighted by Gasteiger charge is -2.08. The summed E-state index contributed by atoms with van der Waals surface area (Å²) in [6.45, 7) is 3.88. The number of rotatable bonds is 10. The van der Waals surface area contributed by atoms with Gasteiger partial charge in [-0.2, -0.15) is 10.5 Å². The normalized spacial score (nSPS) is 10.7. The van der Waals surface area contributed by atoms with Gasteiger partial charge >= 0.3 is 0 Å². The quantitative estimate of drug-likeness (QED) is 0.381. The minimum Gasteiger partial charge on any atom is -0.489 e. The van der Waals surface area contributed by atoms with Crippen LogP contribution in [0.1, 0.15) is 30.0 Å². The van der Waals surface area contributed by atoms with E-state index < -0.39 is 5.91 Å². The first-order chi connectivity index (χ1) is 14.2. The Morgan fingerprint density at radius 1 is 1.17 bits per heavy atom. The first kappa shape index (κ1) is 21.7. The zero-order valence-electron chi connectivity index (χ0n) is 16.4. The van der Waals surface area contributed by atoms with Gasteiger partial charge in [-0.05, 0) is 54.8 Å². The second kappa shape index (κ2) is 12.0. The maximum absolute atomic E-state index is 12.2. The smallest absolute Gasteiger partial charge is 0.261 e. The predicted molar refractivity (Wildman–Crippen MR) is 110 cm³/mol. The SMILES string of the molecule is CCOCCCNC(=O)/C(C#N)=C/c1cccc(OCc2cccc(C#N)c2)c1. The van der Waals surface area contributed by atoms with E-state index in [0.717, 1.165) is 5.56 Å². The lowest BCUT2D eigenvalue weighted by Crippen LogP contribution is -2.26. The molecule has 0 saturated carbocycles. The Morgan fingerprint density at radius 2 is 2.00 bits per heavy atom. The lowest BCUT2D eigenvalue weighted by atomic mass is 10.1. The number of hydrogen-bond acceptors (Lipinski definition) is 5. The van der Waals surface area contributed by atoms with E-state index in [1.807, 2.05) is 25.1 Å². The van der Waals surface area contributed by atoms with Crippen LogP contribution >= 0.6 is 0 Å². The molecule has 1 N–H and O–H groups in total. The van der Waals surface area contributed by atoms with Crippen molar-refractivity contribution in [3.8, 4) is 17.9 Å². The van der Waals surface area contributed by atoms with Gasteiger partial charge in [0.25, 0.3) is 5.91 Å². The Morgan fingerprint density at radius 3 is 2.76 bits per heavy atom. The van der Waals surface area contributed by atoms with Crippen LogP contribution in [0, 0.1) is 22.7 Å². The van der Waals surface area contributed by atoms with Gasteiger partial charge in [0.1, 0.15) is 24.0 Å². The van der Waals surface area contributed by atoms with Gasteiger partial charge in [-0.3, -0.25) is 4.79 Å². The molecule has 0 atom stereocenters. The van der Waals surface area contributed by atoms with Crippen molar-refractivity contribution in [1.29, 1.82) is 10.5 Å². The molecule has 0 heterocycles. The van der Waals surface area contributed by atoms with Crippen LogP contribution in [0.3, 0.4) is 0 Å². The van der Waals surface area contributed by atoms with Gasteiger partial charge in [-0.1, -0.05) is 24.3 Å². The summed E-state index contributed by atoms with van der Waals surface area (Å²) >= 11 is 0. The Hall–Kier alpha value is -3.61. The van der Waals surface area contributed by atoms with E-state index >= 15 is 0 Å². The Bertz CT molecular complexity index is 939. The lowest BCUT2D eigenvalue weighted by molar-refractivity contribution is -0.117. The molecule has 1 amide bonds. The zero-order chi connectivity index (χ0) is 20.9.